The van der Waals surface area contributed by atoms with E-state index in [1.807, 2.05) is 0 Å². The van der Waals surface area contributed by atoms with Crippen molar-refractivity contribution in [3.63, 3.8) is 0 Å². The molecule has 0 saturated carbocycles. The summed E-state index contributed by atoms with van der Waals surface area (Å²) in [4.78, 5) is 0. The first-order valence-electron chi connectivity index (χ1n) is 6.28. The third kappa shape index (κ3) is 6.25. The van der Waals surface area contributed by atoms with E-state index in [2.05, 4.69) is 4.43 Å². The zero-order chi connectivity index (χ0) is 13.4. The first-order chi connectivity index (χ1) is 8.53. The summed E-state index contributed by atoms with van der Waals surface area (Å²) >= 11 is 0. The molecule has 18 heavy (non-hydrogen) atoms. The number of unbranched alkanes of at least 4 members (excludes halogenated alkanes) is 3. The summed E-state index contributed by atoms with van der Waals surface area (Å²) in [6.07, 6.45) is 4.91. The zero-order valence-electron chi connectivity index (χ0n) is 10.7. The molecule has 3 nitrogen and oxygen atoms in total. The van der Waals surface area contributed by atoms with Crippen LogP contribution < -0.4 is 0 Å². The average molecular weight is 272 g/mol. The van der Waals surface area contributed by atoms with E-state index in [-0.39, 0.29) is 12.2 Å². The van der Waals surface area contributed by atoms with Gasteiger partial charge in [-0.2, -0.15) is 0 Å². The SMILES string of the molecule is OC(O)(CCCCCCc1ccc(F)cc1)O[SiH3]. The molecule has 0 aliphatic heterocycles. The number of rotatable bonds is 8. The Balaban J connectivity index is 2.07. The van der Waals surface area contributed by atoms with Gasteiger partial charge in [0.15, 0.2) is 10.5 Å². The van der Waals surface area contributed by atoms with Gasteiger partial charge in [-0.25, -0.2) is 4.39 Å². The zero-order valence-corrected chi connectivity index (χ0v) is 12.7. The Bertz CT molecular complexity index is 341. The minimum Gasteiger partial charge on any atom is -0.381 e. The Hall–Kier alpha value is -0.753. The number of aryl methyl sites for hydroxylation is 1. The summed E-state index contributed by atoms with van der Waals surface area (Å²) in [7, 11) is 0.319. The molecule has 0 fully saturated rings. The molecular weight excluding hydrogens is 251 g/mol. The van der Waals surface area contributed by atoms with Crippen molar-refractivity contribution in [2.45, 2.75) is 44.5 Å². The van der Waals surface area contributed by atoms with Crippen LogP contribution in [0.25, 0.3) is 0 Å². The van der Waals surface area contributed by atoms with Crippen molar-refractivity contribution in [2.24, 2.45) is 0 Å². The lowest BCUT2D eigenvalue weighted by molar-refractivity contribution is -0.295. The van der Waals surface area contributed by atoms with Gasteiger partial charge in [-0.15, -0.1) is 0 Å². The first kappa shape index (κ1) is 15.3. The van der Waals surface area contributed by atoms with E-state index in [1.54, 1.807) is 12.1 Å². The smallest absolute Gasteiger partial charge is 0.267 e. The summed E-state index contributed by atoms with van der Waals surface area (Å²) in [6.45, 7) is 0. The molecule has 0 atom stereocenters. The van der Waals surface area contributed by atoms with Crippen molar-refractivity contribution in [1.82, 2.24) is 0 Å². The Labute approximate surface area is 110 Å². The van der Waals surface area contributed by atoms with Gasteiger partial charge in [0.05, 0.1) is 0 Å². The molecule has 0 spiro atoms. The molecule has 0 bridgehead atoms. The molecule has 1 aromatic carbocycles. The van der Waals surface area contributed by atoms with E-state index in [4.69, 9.17) is 0 Å². The summed E-state index contributed by atoms with van der Waals surface area (Å²) in [5, 5.41) is 18.4. The predicted octanol–water partition coefficient (Wildman–Crippen LogP) is 1.25. The largest absolute Gasteiger partial charge is 0.381 e. The Kier molecular flexibility index (Phi) is 6.49. The molecule has 0 radical (unpaired) electrons. The molecule has 0 heterocycles. The molecule has 0 unspecified atom stereocenters. The van der Waals surface area contributed by atoms with Crippen LogP contribution in [0.1, 0.15) is 37.7 Å². The maximum absolute atomic E-state index is 12.7. The van der Waals surface area contributed by atoms with Crippen molar-refractivity contribution in [2.75, 3.05) is 0 Å². The summed E-state index contributed by atoms with van der Waals surface area (Å²) in [5.41, 5.74) is 1.14. The summed E-state index contributed by atoms with van der Waals surface area (Å²) < 4.78 is 17.3. The molecular formula is C13H21FO3Si. The molecule has 0 amide bonds. The second kappa shape index (κ2) is 7.63. The average Bonchev–Trinajstić information content (AvgIpc) is 2.36. The molecule has 1 aromatic rings. The van der Waals surface area contributed by atoms with Crippen molar-refractivity contribution >= 4 is 10.5 Å². The summed E-state index contributed by atoms with van der Waals surface area (Å²) in [5.74, 6) is -2.13. The van der Waals surface area contributed by atoms with Crippen LogP contribution in [0.3, 0.4) is 0 Å². The van der Waals surface area contributed by atoms with Crippen LogP contribution in [0.2, 0.25) is 0 Å². The van der Waals surface area contributed by atoms with Gasteiger partial charge in [0.2, 0.25) is 0 Å². The van der Waals surface area contributed by atoms with Gasteiger partial charge in [0, 0.05) is 6.42 Å². The molecule has 102 valence electrons. The van der Waals surface area contributed by atoms with Gasteiger partial charge in [-0.05, 0) is 37.0 Å². The van der Waals surface area contributed by atoms with Gasteiger partial charge in [0.1, 0.15) is 5.82 Å². The third-order valence-corrected chi connectivity index (χ3v) is 3.61. The third-order valence-electron chi connectivity index (χ3n) is 2.96. The van der Waals surface area contributed by atoms with E-state index in [0.29, 0.717) is 10.5 Å². The lowest BCUT2D eigenvalue weighted by atomic mass is 10.1. The number of aliphatic hydroxyl groups is 2. The molecule has 1 rings (SSSR count). The van der Waals surface area contributed by atoms with Crippen LogP contribution in [-0.4, -0.2) is 26.7 Å². The normalized spacial score (nSPS) is 11.9. The monoisotopic (exact) mass is 272 g/mol. The van der Waals surface area contributed by atoms with Gasteiger partial charge < -0.3 is 14.6 Å². The topological polar surface area (TPSA) is 49.7 Å². The van der Waals surface area contributed by atoms with E-state index in [0.717, 1.165) is 37.7 Å². The highest BCUT2D eigenvalue weighted by atomic mass is 28.2. The summed E-state index contributed by atoms with van der Waals surface area (Å²) in [6, 6.07) is 6.56. The van der Waals surface area contributed by atoms with Gasteiger partial charge in [-0.1, -0.05) is 25.0 Å². The highest BCUT2D eigenvalue weighted by molar-refractivity contribution is 5.98. The highest BCUT2D eigenvalue weighted by Gasteiger charge is 2.19. The fourth-order valence-corrected chi connectivity index (χ4v) is 2.00. The lowest BCUT2D eigenvalue weighted by Crippen LogP contribution is -2.30. The van der Waals surface area contributed by atoms with Crippen LogP contribution >= 0.6 is 0 Å². The lowest BCUT2D eigenvalue weighted by Gasteiger charge is -2.19. The predicted molar refractivity (Wildman–Crippen MR) is 71.4 cm³/mol. The fraction of sp³-hybridized carbons (Fsp3) is 0.538. The standard InChI is InChI=1S/C13H21FO3Si/c14-12-8-6-11(7-9-12)5-3-1-2-4-10-13(15,16)17-18/h6-9,15-16H,1-5,10H2,18H3. The van der Waals surface area contributed by atoms with Crippen molar-refractivity contribution in [3.05, 3.63) is 35.6 Å². The Morgan fingerprint density at radius 2 is 1.67 bits per heavy atom. The van der Waals surface area contributed by atoms with Crippen LogP contribution in [0.4, 0.5) is 4.39 Å². The molecule has 0 aromatic heterocycles. The minimum absolute atomic E-state index is 0.205. The molecule has 0 aliphatic carbocycles. The van der Waals surface area contributed by atoms with Crippen molar-refractivity contribution in [1.29, 1.82) is 0 Å². The molecule has 5 heteroatoms. The van der Waals surface area contributed by atoms with Gasteiger partial charge in [-0.3, -0.25) is 0 Å². The van der Waals surface area contributed by atoms with Gasteiger partial charge in [0.25, 0.3) is 5.97 Å². The fourth-order valence-electron chi connectivity index (χ4n) is 1.79. The van der Waals surface area contributed by atoms with E-state index < -0.39 is 5.97 Å². The first-order valence-corrected chi connectivity index (χ1v) is 7.09. The van der Waals surface area contributed by atoms with E-state index in [9.17, 15) is 14.6 Å². The van der Waals surface area contributed by atoms with E-state index in [1.165, 1.54) is 12.1 Å². The second-order valence-electron chi connectivity index (χ2n) is 4.49. The van der Waals surface area contributed by atoms with Crippen molar-refractivity contribution in [3.8, 4) is 0 Å². The molecule has 2 N–H and O–H groups in total. The number of hydrogen-bond donors (Lipinski definition) is 2. The van der Waals surface area contributed by atoms with Crippen LogP contribution in [0.15, 0.2) is 24.3 Å². The van der Waals surface area contributed by atoms with Gasteiger partial charge >= 0.3 is 0 Å². The number of benzene rings is 1. The second-order valence-corrected chi connectivity index (χ2v) is 4.90. The maximum atomic E-state index is 12.7. The molecule has 0 saturated heterocycles. The maximum Gasteiger partial charge on any atom is 0.267 e. The van der Waals surface area contributed by atoms with Crippen LogP contribution in [0.5, 0.6) is 0 Å². The minimum atomic E-state index is -1.93. The Morgan fingerprint density at radius 1 is 1.06 bits per heavy atom. The quantitative estimate of drug-likeness (QED) is 0.425. The number of halogens is 1. The van der Waals surface area contributed by atoms with E-state index >= 15 is 0 Å². The number of hydrogen-bond acceptors (Lipinski definition) is 3. The van der Waals surface area contributed by atoms with Crippen LogP contribution in [-0.2, 0) is 10.8 Å². The molecule has 0 aliphatic rings. The van der Waals surface area contributed by atoms with Crippen LogP contribution in [0, 0.1) is 5.82 Å². The highest BCUT2D eigenvalue weighted by Crippen LogP contribution is 2.14. The van der Waals surface area contributed by atoms with Crippen molar-refractivity contribution < 1.29 is 19.0 Å². The Morgan fingerprint density at radius 3 is 2.28 bits per heavy atom.